The Labute approximate surface area is 124 Å². The number of methoxy groups -OCH3 is 1. The first kappa shape index (κ1) is 15.6. The molecule has 0 aliphatic heterocycles. The molecule has 0 radical (unpaired) electrons. The molecule has 1 atom stereocenters. The summed E-state index contributed by atoms with van der Waals surface area (Å²) >= 11 is 6.23. The van der Waals surface area contributed by atoms with E-state index in [0.717, 1.165) is 12.1 Å². The molecule has 0 bridgehead atoms. The Morgan fingerprint density at radius 3 is 2.19 bits per heavy atom. The van der Waals surface area contributed by atoms with Crippen LogP contribution >= 0.6 is 11.6 Å². The lowest BCUT2D eigenvalue weighted by molar-refractivity contribution is -0.137. The van der Waals surface area contributed by atoms with E-state index in [4.69, 9.17) is 16.3 Å². The molecule has 112 valence electrons. The Morgan fingerprint density at radius 2 is 1.67 bits per heavy atom. The number of halogens is 5. The van der Waals surface area contributed by atoms with Gasteiger partial charge in [-0.1, -0.05) is 12.1 Å². The van der Waals surface area contributed by atoms with E-state index in [0.29, 0.717) is 16.9 Å². The molecular weight excluding hydrogens is 308 g/mol. The first-order valence-electron chi connectivity index (χ1n) is 5.97. The molecule has 0 fully saturated rings. The molecule has 21 heavy (non-hydrogen) atoms. The van der Waals surface area contributed by atoms with Crippen LogP contribution in [0, 0.1) is 5.82 Å². The first-order valence-corrected chi connectivity index (χ1v) is 6.41. The van der Waals surface area contributed by atoms with Crippen molar-refractivity contribution in [2.45, 2.75) is 11.6 Å². The molecule has 0 aliphatic rings. The van der Waals surface area contributed by atoms with Crippen LogP contribution in [-0.4, -0.2) is 7.11 Å². The summed E-state index contributed by atoms with van der Waals surface area (Å²) < 4.78 is 55.9. The van der Waals surface area contributed by atoms with Crippen molar-refractivity contribution in [3.63, 3.8) is 0 Å². The Morgan fingerprint density at radius 1 is 1.05 bits per heavy atom. The maximum atomic E-state index is 13.3. The van der Waals surface area contributed by atoms with Crippen molar-refractivity contribution in [1.29, 1.82) is 0 Å². The van der Waals surface area contributed by atoms with Gasteiger partial charge in [0.05, 0.1) is 18.1 Å². The first-order chi connectivity index (χ1) is 9.82. The second-order valence-corrected chi connectivity index (χ2v) is 4.81. The molecule has 2 aromatic rings. The molecule has 0 spiro atoms. The predicted molar refractivity (Wildman–Crippen MR) is 72.1 cm³/mol. The summed E-state index contributed by atoms with van der Waals surface area (Å²) in [7, 11) is 1.41. The van der Waals surface area contributed by atoms with Crippen LogP contribution in [0.1, 0.15) is 22.1 Å². The third-order valence-corrected chi connectivity index (χ3v) is 3.48. The molecule has 0 saturated carbocycles. The fourth-order valence-corrected chi connectivity index (χ4v) is 2.24. The Hall–Kier alpha value is -1.75. The molecule has 0 aromatic heterocycles. The lowest BCUT2D eigenvalue weighted by Crippen LogP contribution is -2.05. The summed E-state index contributed by atoms with van der Waals surface area (Å²) in [5.41, 5.74) is 0.0221. The van der Waals surface area contributed by atoms with E-state index in [1.165, 1.54) is 37.4 Å². The Bertz CT molecular complexity index is 623. The van der Waals surface area contributed by atoms with Crippen LogP contribution in [0.25, 0.3) is 0 Å². The molecule has 0 amide bonds. The van der Waals surface area contributed by atoms with E-state index in [9.17, 15) is 17.6 Å². The summed E-state index contributed by atoms with van der Waals surface area (Å²) in [4.78, 5) is 0. The highest BCUT2D eigenvalue weighted by atomic mass is 35.5. The zero-order valence-corrected chi connectivity index (χ0v) is 11.7. The average molecular weight is 319 g/mol. The minimum Gasteiger partial charge on any atom is -0.496 e. The summed E-state index contributed by atoms with van der Waals surface area (Å²) in [5.74, 6) is -0.125. The average Bonchev–Trinajstić information content (AvgIpc) is 2.45. The number of benzene rings is 2. The van der Waals surface area contributed by atoms with Crippen molar-refractivity contribution >= 4 is 11.6 Å². The topological polar surface area (TPSA) is 9.23 Å². The maximum absolute atomic E-state index is 13.3. The van der Waals surface area contributed by atoms with Crippen LogP contribution < -0.4 is 4.74 Å². The van der Waals surface area contributed by atoms with Gasteiger partial charge in [0.15, 0.2) is 0 Å². The van der Waals surface area contributed by atoms with Gasteiger partial charge in [-0.05, 0) is 35.9 Å². The molecule has 1 unspecified atom stereocenters. The van der Waals surface area contributed by atoms with Gasteiger partial charge in [0.2, 0.25) is 0 Å². The molecule has 0 aliphatic carbocycles. The lowest BCUT2D eigenvalue weighted by atomic mass is 10.0. The third-order valence-electron chi connectivity index (χ3n) is 3.00. The second-order valence-electron chi connectivity index (χ2n) is 4.37. The minimum atomic E-state index is -4.41. The summed E-state index contributed by atoms with van der Waals surface area (Å²) in [6.45, 7) is 0. The van der Waals surface area contributed by atoms with Gasteiger partial charge in [0.25, 0.3) is 0 Å². The predicted octanol–water partition coefficient (Wildman–Crippen LogP) is 5.18. The second kappa shape index (κ2) is 5.93. The van der Waals surface area contributed by atoms with Crippen LogP contribution in [0.15, 0.2) is 42.5 Å². The van der Waals surface area contributed by atoms with E-state index in [2.05, 4.69) is 0 Å². The summed E-state index contributed by atoms with van der Waals surface area (Å²) in [5, 5.41) is -0.807. The maximum Gasteiger partial charge on any atom is 0.416 e. The smallest absolute Gasteiger partial charge is 0.416 e. The molecule has 0 saturated heterocycles. The van der Waals surface area contributed by atoms with E-state index >= 15 is 0 Å². The van der Waals surface area contributed by atoms with Gasteiger partial charge in [-0.2, -0.15) is 13.2 Å². The number of ether oxygens (including phenoxy) is 1. The third kappa shape index (κ3) is 3.47. The van der Waals surface area contributed by atoms with Crippen molar-refractivity contribution in [3.05, 3.63) is 65.0 Å². The van der Waals surface area contributed by atoms with Crippen LogP contribution in [-0.2, 0) is 6.18 Å². The van der Waals surface area contributed by atoms with Crippen LogP contribution in [0.3, 0.4) is 0 Å². The van der Waals surface area contributed by atoms with Gasteiger partial charge < -0.3 is 4.74 Å². The van der Waals surface area contributed by atoms with Crippen LogP contribution in [0.2, 0.25) is 0 Å². The van der Waals surface area contributed by atoms with Crippen molar-refractivity contribution in [2.75, 3.05) is 7.11 Å². The number of hydrogen-bond donors (Lipinski definition) is 0. The number of alkyl halides is 4. The zero-order chi connectivity index (χ0) is 15.6. The van der Waals surface area contributed by atoms with Gasteiger partial charge in [0, 0.05) is 5.56 Å². The molecule has 2 aromatic carbocycles. The zero-order valence-electron chi connectivity index (χ0n) is 10.9. The monoisotopic (exact) mass is 318 g/mol. The fourth-order valence-electron chi connectivity index (χ4n) is 1.92. The molecular formula is C15H11ClF4O. The summed E-state index contributed by atoms with van der Waals surface area (Å²) in [6.07, 6.45) is -4.41. The van der Waals surface area contributed by atoms with Crippen molar-refractivity contribution in [3.8, 4) is 5.75 Å². The largest absolute Gasteiger partial charge is 0.496 e. The van der Waals surface area contributed by atoms with E-state index < -0.39 is 22.9 Å². The van der Waals surface area contributed by atoms with Gasteiger partial charge >= 0.3 is 6.18 Å². The quantitative estimate of drug-likeness (QED) is 0.559. The molecule has 2 rings (SSSR count). The van der Waals surface area contributed by atoms with Crippen LogP contribution in [0.5, 0.6) is 5.75 Å². The summed E-state index contributed by atoms with van der Waals surface area (Å²) in [6, 6.07) is 8.26. The molecule has 1 nitrogen and oxygen atoms in total. The van der Waals surface area contributed by atoms with Crippen molar-refractivity contribution < 1.29 is 22.3 Å². The van der Waals surface area contributed by atoms with E-state index in [-0.39, 0.29) is 0 Å². The van der Waals surface area contributed by atoms with Gasteiger partial charge in [-0.15, -0.1) is 11.6 Å². The van der Waals surface area contributed by atoms with Crippen LogP contribution in [0.4, 0.5) is 17.6 Å². The fraction of sp³-hybridized carbons (Fsp3) is 0.200. The molecule has 0 N–H and O–H groups in total. The van der Waals surface area contributed by atoms with Crippen molar-refractivity contribution in [2.24, 2.45) is 0 Å². The van der Waals surface area contributed by atoms with E-state index in [1.54, 1.807) is 0 Å². The molecule has 6 heteroatoms. The molecule has 0 heterocycles. The number of rotatable bonds is 3. The lowest BCUT2D eigenvalue weighted by Gasteiger charge is -2.15. The minimum absolute atomic E-state index is 0.360. The highest BCUT2D eigenvalue weighted by molar-refractivity contribution is 6.22. The van der Waals surface area contributed by atoms with Crippen molar-refractivity contribution in [1.82, 2.24) is 0 Å². The SMILES string of the molecule is COc1ccc(F)cc1C(Cl)c1ccc(C(F)(F)F)cc1. The van der Waals surface area contributed by atoms with E-state index in [1.807, 2.05) is 0 Å². The van der Waals surface area contributed by atoms with Gasteiger partial charge in [-0.25, -0.2) is 4.39 Å². The Kier molecular flexibility index (Phi) is 4.42. The highest BCUT2D eigenvalue weighted by Crippen LogP contribution is 2.37. The Balaban J connectivity index is 2.36. The normalized spacial score (nSPS) is 13.0. The highest BCUT2D eigenvalue weighted by Gasteiger charge is 2.30. The van der Waals surface area contributed by atoms with Gasteiger partial charge in [-0.3, -0.25) is 0 Å². The number of hydrogen-bond acceptors (Lipinski definition) is 1. The standard InChI is InChI=1S/C15H11ClF4O/c1-21-13-7-6-11(17)8-12(13)14(16)9-2-4-10(5-3-9)15(18,19)20/h2-8,14H,1H3. The van der Waals surface area contributed by atoms with Gasteiger partial charge in [0.1, 0.15) is 11.6 Å².